The molecule has 2 saturated heterocycles. The topological polar surface area (TPSA) is 141 Å². The molecule has 0 radical (unpaired) electrons. The van der Waals surface area contributed by atoms with Crippen molar-refractivity contribution in [3.8, 4) is 0 Å². The summed E-state index contributed by atoms with van der Waals surface area (Å²) in [5.74, 6) is 0.451. The molecule has 43 heavy (non-hydrogen) atoms. The van der Waals surface area contributed by atoms with Gasteiger partial charge in [0, 0.05) is 19.1 Å². The SMILES string of the molecule is CC(C)N(CCCCNc1nc2ccc(C(C)(C)C)cc2[nH]1)C[C@H]1O[C@@H](n2cnc3c(N)ncnc32)[C@@H]2OC(C)(C)O[C@@H]21. The summed E-state index contributed by atoms with van der Waals surface area (Å²) < 4.78 is 21.3. The fraction of sp³-hybridized carbons (Fsp3) is 0.613. The molecule has 12 nitrogen and oxygen atoms in total. The lowest BCUT2D eigenvalue weighted by molar-refractivity contribution is -0.198. The molecule has 4 aromatic rings. The van der Waals surface area contributed by atoms with E-state index >= 15 is 0 Å². The first-order valence-electron chi connectivity index (χ1n) is 15.3. The predicted molar refractivity (Wildman–Crippen MR) is 167 cm³/mol. The van der Waals surface area contributed by atoms with Crippen molar-refractivity contribution < 1.29 is 14.2 Å². The van der Waals surface area contributed by atoms with Gasteiger partial charge in [-0.05, 0) is 70.2 Å². The van der Waals surface area contributed by atoms with Crippen LogP contribution in [0, 0.1) is 0 Å². The van der Waals surface area contributed by atoms with Crippen molar-refractivity contribution in [2.45, 2.75) is 103 Å². The summed E-state index contributed by atoms with van der Waals surface area (Å²) >= 11 is 0. The lowest BCUT2D eigenvalue weighted by atomic mass is 9.87. The number of imidazole rings is 2. The van der Waals surface area contributed by atoms with E-state index in [0.717, 1.165) is 49.5 Å². The summed E-state index contributed by atoms with van der Waals surface area (Å²) in [6, 6.07) is 6.81. The summed E-state index contributed by atoms with van der Waals surface area (Å²) in [5, 5.41) is 3.47. The number of hydrogen-bond donors (Lipinski definition) is 3. The summed E-state index contributed by atoms with van der Waals surface area (Å²) in [4.78, 5) is 23.6. The molecule has 3 aromatic heterocycles. The van der Waals surface area contributed by atoms with Gasteiger partial charge in [-0.3, -0.25) is 9.47 Å². The molecule has 4 atom stereocenters. The molecule has 2 fully saturated rings. The zero-order chi connectivity index (χ0) is 30.5. The number of hydrogen-bond acceptors (Lipinski definition) is 10. The van der Waals surface area contributed by atoms with Crippen molar-refractivity contribution in [1.82, 2.24) is 34.4 Å². The molecule has 1 aromatic carbocycles. The molecule has 0 aliphatic carbocycles. The van der Waals surface area contributed by atoms with Crippen molar-refractivity contribution >= 4 is 34.0 Å². The molecule has 0 amide bonds. The second-order valence-corrected chi connectivity index (χ2v) is 13.5. The van der Waals surface area contributed by atoms with Gasteiger partial charge >= 0.3 is 0 Å². The molecular formula is C31H45N9O3. The smallest absolute Gasteiger partial charge is 0.201 e. The van der Waals surface area contributed by atoms with Gasteiger partial charge in [0.2, 0.25) is 5.95 Å². The maximum atomic E-state index is 6.64. The lowest BCUT2D eigenvalue weighted by Gasteiger charge is -2.31. The second kappa shape index (κ2) is 11.3. The van der Waals surface area contributed by atoms with Crippen molar-refractivity contribution in [3.63, 3.8) is 0 Å². The number of fused-ring (bicyclic) bond motifs is 3. The van der Waals surface area contributed by atoms with Gasteiger partial charge in [-0.1, -0.05) is 26.8 Å². The van der Waals surface area contributed by atoms with Crippen LogP contribution in [0.1, 0.15) is 73.1 Å². The summed E-state index contributed by atoms with van der Waals surface area (Å²) in [6.07, 6.45) is 4.08. The highest BCUT2D eigenvalue weighted by molar-refractivity contribution is 5.81. The largest absolute Gasteiger partial charge is 0.382 e. The van der Waals surface area contributed by atoms with Crippen molar-refractivity contribution in [2.75, 3.05) is 30.7 Å². The van der Waals surface area contributed by atoms with Gasteiger partial charge in [0.1, 0.15) is 30.2 Å². The van der Waals surface area contributed by atoms with Gasteiger partial charge in [-0.2, -0.15) is 0 Å². The Morgan fingerprint density at radius 1 is 1.12 bits per heavy atom. The maximum Gasteiger partial charge on any atom is 0.201 e. The third-order valence-corrected chi connectivity index (χ3v) is 8.44. The average Bonchev–Trinajstić information content (AvgIpc) is 3.68. The number of anilines is 2. The van der Waals surface area contributed by atoms with Crippen LogP contribution in [0.5, 0.6) is 0 Å². The van der Waals surface area contributed by atoms with E-state index in [2.05, 4.69) is 83.0 Å². The quantitative estimate of drug-likeness (QED) is 0.224. The molecule has 4 N–H and O–H groups in total. The molecule has 0 spiro atoms. The minimum Gasteiger partial charge on any atom is -0.382 e. The van der Waals surface area contributed by atoms with E-state index < -0.39 is 12.0 Å². The summed E-state index contributed by atoms with van der Waals surface area (Å²) in [7, 11) is 0. The van der Waals surface area contributed by atoms with Gasteiger partial charge < -0.3 is 30.2 Å². The van der Waals surface area contributed by atoms with E-state index in [4.69, 9.17) is 24.9 Å². The van der Waals surface area contributed by atoms with Crippen LogP contribution in [0.3, 0.4) is 0 Å². The fourth-order valence-corrected chi connectivity index (χ4v) is 6.08. The highest BCUT2D eigenvalue weighted by Gasteiger charge is 2.56. The molecule has 2 aliphatic rings. The van der Waals surface area contributed by atoms with Gasteiger partial charge in [-0.15, -0.1) is 0 Å². The first-order chi connectivity index (χ1) is 20.4. The molecule has 5 heterocycles. The number of nitrogen functional groups attached to an aromatic ring is 1. The summed E-state index contributed by atoms with van der Waals surface area (Å²) in [5.41, 5.74) is 10.7. The molecule has 232 valence electrons. The number of benzene rings is 1. The Morgan fingerprint density at radius 3 is 2.67 bits per heavy atom. The normalized spacial score (nSPS) is 23.7. The minimum atomic E-state index is -0.709. The summed E-state index contributed by atoms with van der Waals surface area (Å²) in [6.45, 7) is 17.5. The van der Waals surface area contributed by atoms with Crippen molar-refractivity contribution in [1.29, 1.82) is 0 Å². The molecule has 12 heteroatoms. The molecule has 0 unspecified atom stereocenters. The third-order valence-electron chi connectivity index (χ3n) is 8.44. The first kappa shape index (κ1) is 29.7. The van der Waals surface area contributed by atoms with Crippen LogP contribution in [0.2, 0.25) is 0 Å². The number of ether oxygens (including phenoxy) is 3. The number of H-pyrrole nitrogens is 1. The molecule has 6 rings (SSSR count). The fourth-order valence-electron chi connectivity index (χ4n) is 6.08. The number of nitrogens with one attached hydrogen (secondary N) is 2. The Kier molecular flexibility index (Phi) is 7.82. The standard InChI is InChI=1S/C31H45N9O3/c1-18(2)39(13-9-8-12-33-29-37-20-11-10-19(30(3,4)5)14-21(20)38-29)15-22-24-25(43-31(6,7)42-24)28(41-22)40-17-36-23-26(32)34-16-35-27(23)40/h10-11,14,16-18,22,24-25,28H,8-9,12-13,15H2,1-7H3,(H2,32,34,35)(H2,33,37,38)/t22-,24-,25-,28-/m1/s1. The molecule has 2 aliphatic heterocycles. The molecule has 0 bridgehead atoms. The number of aromatic nitrogens is 6. The zero-order valence-electron chi connectivity index (χ0n) is 26.3. The van der Waals surface area contributed by atoms with E-state index in [1.165, 1.54) is 11.9 Å². The van der Waals surface area contributed by atoms with Crippen LogP contribution in [0.15, 0.2) is 30.9 Å². The minimum absolute atomic E-state index is 0.102. The average molecular weight is 592 g/mol. The van der Waals surface area contributed by atoms with Crippen LogP contribution < -0.4 is 11.1 Å². The van der Waals surface area contributed by atoms with Crippen molar-refractivity contribution in [3.05, 3.63) is 36.4 Å². The first-order valence-corrected chi connectivity index (χ1v) is 15.3. The van der Waals surface area contributed by atoms with Crippen LogP contribution in [-0.4, -0.2) is 84.2 Å². The zero-order valence-corrected chi connectivity index (χ0v) is 26.3. The number of rotatable bonds is 10. The number of nitrogens with zero attached hydrogens (tertiary/aromatic N) is 6. The number of nitrogens with two attached hydrogens (primary N) is 1. The Labute approximate surface area is 252 Å². The Bertz CT molecular complexity index is 1570. The van der Waals surface area contributed by atoms with Crippen molar-refractivity contribution in [2.24, 2.45) is 0 Å². The van der Waals surface area contributed by atoms with Gasteiger partial charge in [0.05, 0.1) is 17.4 Å². The highest BCUT2D eigenvalue weighted by Crippen LogP contribution is 2.44. The van der Waals surface area contributed by atoms with Crippen LogP contribution >= 0.6 is 0 Å². The van der Waals surface area contributed by atoms with Crippen LogP contribution in [0.25, 0.3) is 22.2 Å². The lowest BCUT2D eigenvalue weighted by Crippen LogP contribution is -2.43. The van der Waals surface area contributed by atoms with Crippen LogP contribution in [-0.2, 0) is 19.6 Å². The van der Waals surface area contributed by atoms with E-state index in [1.54, 1.807) is 6.33 Å². The number of unbranched alkanes of at least 4 members (excludes halogenated alkanes) is 1. The van der Waals surface area contributed by atoms with Crippen LogP contribution in [0.4, 0.5) is 11.8 Å². The molecule has 0 saturated carbocycles. The van der Waals surface area contributed by atoms with E-state index in [9.17, 15) is 0 Å². The third kappa shape index (κ3) is 6.06. The predicted octanol–water partition coefficient (Wildman–Crippen LogP) is 4.60. The van der Waals surface area contributed by atoms with E-state index in [-0.39, 0.29) is 23.7 Å². The van der Waals surface area contributed by atoms with E-state index in [1.807, 2.05) is 18.4 Å². The Balaban J connectivity index is 1.07. The second-order valence-electron chi connectivity index (χ2n) is 13.5. The number of aromatic amines is 1. The molecular weight excluding hydrogens is 546 g/mol. The monoisotopic (exact) mass is 591 g/mol. The van der Waals surface area contributed by atoms with Gasteiger partial charge in [-0.25, -0.2) is 19.9 Å². The Hall–Kier alpha value is -3.32. The highest BCUT2D eigenvalue weighted by atomic mass is 16.8. The van der Waals surface area contributed by atoms with Gasteiger partial charge in [0.25, 0.3) is 0 Å². The Morgan fingerprint density at radius 2 is 1.91 bits per heavy atom. The van der Waals surface area contributed by atoms with Gasteiger partial charge in [0.15, 0.2) is 23.5 Å². The van der Waals surface area contributed by atoms with E-state index in [0.29, 0.717) is 23.0 Å². The maximum absolute atomic E-state index is 6.64.